The molecule has 0 spiro atoms. The highest BCUT2D eigenvalue weighted by Crippen LogP contribution is 2.27. The molecule has 1 aromatic carbocycles. The number of hydrogen-bond acceptors (Lipinski definition) is 2. The van der Waals surface area contributed by atoms with E-state index in [0.29, 0.717) is 0 Å². The second-order valence-corrected chi connectivity index (χ2v) is 5.65. The summed E-state index contributed by atoms with van der Waals surface area (Å²) >= 11 is 7.71. The van der Waals surface area contributed by atoms with E-state index in [4.69, 9.17) is 11.6 Å². The molecule has 86 valence electrons. The number of halogens is 1. The van der Waals surface area contributed by atoms with Gasteiger partial charge in [0, 0.05) is 27.4 Å². The van der Waals surface area contributed by atoms with Crippen molar-refractivity contribution in [3.8, 4) is 11.3 Å². The second kappa shape index (κ2) is 3.86. The number of aromatic nitrogens is 2. The minimum Gasteiger partial charge on any atom is -0.294 e. The van der Waals surface area contributed by atoms with Crippen LogP contribution in [0.5, 0.6) is 0 Å². The van der Waals surface area contributed by atoms with Crippen molar-refractivity contribution in [2.75, 3.05) is 0 Å². The molecule has 3 rings (SSSR count). The third kappa shape index (κ3) is 1.75. The van der Waals surface area contributed by atoms with Crippen LogP contribution >= 0.6 is 22.9 Å². The van der Waals surface area contributed by atoms with Crippen molar-refractivity contribution in [3.05, 3.63) is 46.1 Å². The van der Waals surface area contributed by atoms with E-state index in [1.807, 2.05) is 24.3 Å². The van der Waals surface area contributed by atoms with Crippen LogP contribution in [0.2, 0.25) is 5.02 Å². The van der Waals surface area contributed by atoms with Gasteiger partial charge in [-0.3, -0.25) is 4.40 Å². The number of imidazole rings is 1. The zero-order chi connectivity index (χ0) is 12.0. The van der Waals surface area contributed by atoms with Crippen molar-refractivity contribution < 1.29 is 0 Å². The number of benzene rings is 1. The standard InChI is InChI=1S/C13H11ClN2S/c1-8-9(2)17-13-15-12(7-16(8)13)10-4-3-5-11(14)6-10/h3-7H,1-2H3. The van der Waals surface area contributed by atoms with Gasteiger partial charge < -0.3 is 0 Å². The predicted molar refractivity (Wildman–Crippen MR) is 73.0 cm³/mol. The molecule has 0 radical (unpaired) electrons. The van der Waals surface area contributed by atoms with Gasteiger partial charge in [0.2, 0.25) is 0 Å². The van der Waals surface area contributed by atoms with E-state index >= 15 is 0 Å². The highest BCUT2D eigenvalue weighted by atomic mass is 35.5. The lowest BCUT2D eigenvalue weighted by Crippen LogP contribution is -1.81. The fourth-order valence-corrected chi connectivity index (χ4v) is 2.99. The van der Waals surface area contributed by atoms with Gasteiger partial charge in [0.05, 0.1) is 5.69 Å². The minimum absolute atomic E-state index is 0.742. The van der Waals surface area contributed by atoms with Gasteiger partial charge in [-0.25, -0.2) is 4.98 Å². The van der Waals surface area contributed by atoms with Crippen LogP contribution in [0.3, 0.4) is 0 Å². The maximum atomic E-state index is 5.99. The van der Waals surface area contributed by atoms with Gasteiger partial charge in [-0.05, 0) is 26.0 Å². The van der Waals surface area contributed by atoms with Crippen molar-refractivity contribution in [1.29, 1.82) is 0 Å². The van der Waals surface area contributed by atoms with Gasteiger partial charge in [0.25, 0.3) is 0 Å². The number of hydrogen-bond donors (Lipinski definition) is 0. The second-order valence-electron chi connectivity index (χ2n) is 4.03. The minimum atomic E-state index is 0.742. The third-order valence-corrected chi connectivity index (χ3v) is 4.22. The molecule has 0 aliphatic carbocycles. The van der Waals surface area contributed by atoms with Gasteiger partial charge in [0.15, 0.2) is 4.96 Å². The molecule has 0 aliphatic rings. The van der Waals surface area contributed by atoms with Crippen LogP contribution < -0.4 is 0 Å². The molecular weight excluding hydrogens is 252 g/mol. The Morgan fingerprint density at radius 1 is 1.29 bits per heavy atom. The largest absolute Gasteiger partial charge is 0.294 e. The predicted octanol–water partition coefficient (Wildman–Crippen LogP) is 4.33. The summed E-state index contributed by atoms with van der Waals surface area (Å²) in [6, 6.07) is 7.79. The Bertz CT molecular complexity index is 697. The van der Waals surface area contributed by atoms with E-state index in [2.05, 4.69) is 29.4 Å². The first-order chi connectivity index (χ1) is 8.15. The summed E-state index contributed by atoms with van der Waals surface area (Å²) < 4.78 is 2.14. The molecule has 0 atom stereocenters. The molecule has 17 heavy (non-hydrogen) atoms. The summed E-state index contributed by atoms with van der Waals surface area (Å²) in [6.45, 7) is 4.23. The quantitative estimate of drug-likeness (QED) is 0.638. The fraction of sp³-hybridized carbons (Fsp3) is 0.154. The van der Waals surface area contributed by atoms with Crippen molar-refractivity contribution in [2.24, 2.45) is 0 Å². The van der Waals surface area contributed by atoms with Crippen LogP contribution in [0.1, 0.15) is 10.6 Å². The smallest absolute Gasteiger partial charge is 0.194 e. The SMILES string of the molecule is Cc1sc2nc(-c3cccc(Cl)c3)cn2c1C. The summed E-state index contributed by atoms with van der Waals surface area (Å²) in [5.74, 6) is 0. The Kier molecular flexibility index (Phi) is 2.45. The first-order valence-corrected chi connectivity index (χ1v) is 6.55. The van der Waals surface area contributed by atoms with E-state index in [-0.39, 0.29) is 0 Å². The molecule has 4 heteroatoms. The summed E-state index contributed by atoms with van der Waals surface area (Å²) in [5.41, 5.74) is 3.29. The van der Waals surface area contributed by atoms with Crippen LogP contribution in [0.15, 0.2) is 30.5 Å². The molecule has 0 saturated carbocycles. The third-order valence-electron chi connectivity index (χ3n) is 2.91. The van der Waals surface area contributed by atoms with Gasteiger partial charge in [-0.15, -0.1) is 11.3 Å². The Balaban J connectivity index is 2.19. The van der Waals surface area contributed by atoms with Crippen molar-refractivity contribution in [1.82, 2.24) is 9.38 Å². The monoisotopic (exact) mass is 262 g/mol. The average molecular weight is 263 g/mol. The molecule has 2 aromatic heterocycles. The van der Waals surface area contributed by atoms with Gasteiger partial charge in [-0.2, -0.15) is 0 Å². The zero-order valence-corrected chi connectivity index (χ0v) is 11.1. The average Bonchev–Trinajstić information content (AvgIpc) is 2.81. The molecule has 2 nitrogen and oxygen atoms in total. The Morgan fingerprint density at radius 3 is 2.82 bits per heavy atom. The molecule has 0 bridgehead atoms. The number of fused-ring (bicyclic) bond motifs is 1. The van der Waals surface area contributed by atoms with E-state index in [0.717, 1.165) is 21.2 Å². The van der Waals surface area contributed by atoms with Crippen molar-refractivity contribution in [2.45, 2.75) is 13.8 Å². The van der Waals surface area contributed by atoms with Crippen LogP contribution in [0.25, 0.3) is 16.2 Å². The van der Waals surface area contributed by atoms with E-state index < -0.39 is 0 Å². The molecule has 0 amide bonds. The maximum Gasteiger partial charge on any atom is 0.194 e. The van der Waals surface area contributed by atoms with Crippen LogP contribution in [-0.4, -0.2) is 9.38 Å². The highest BCUT2D eigenvalue weighted by molar-refractivity contribution is 7.17. The Hall–Kier alpha value is -1.32. The topological polar surface area (TPSA) is 17.3 Å². The summed E-state index contributed by atoms with van der Waals surface area (Å²) in [7, 11) is 0. The first-order valence-electron chi connectivity index (χ1n) is 5.36. The number of rotatable bonds is 1. The maximum absolute atomic E-state index is 5.99. The lowest BCUT2D eigenvalue weighted by Gasteiger charge is -1.96. The fourth-order valence-electron chi connectivity index (χ4n) is 1.84. The molecule has 0 saturated heterocycles. The Morgan fingerprint density at radius 2 is 2.12 bits per heavy atom. The lowest BCUT2D eigenvalue weighted by molar-refractivity contribution is 1.11. The van der Waals surface area contributed by atoms with E-state index in [1.54, 1.807) is 11.3 Å². The molecule has 3 aromatic rings. The van der Waals surface area contributed by atoms with Crippen molar-refractivity contribution in [3.63, 3.8) is 0 Å². The summed E-state index contributed by atoms with van der Waals surface area (Å²) in [5, 5.41) is 0.742. The number of thiazole rings is 1. The molecule has 0 unspecified atom stereocenters. The van der Waals surface area contributed by atoms with Crippen molar-refractivity contribution >= 4 is 27.9 Å². The van der Waals surface area contributed by atoms with E-state index in [1.165, 1.54) is 10.6 Å². The summed E-state index contributed by atoms with van der Waals surface area (Å²) in [4.78, 5) is 6.98. The lowest BCUT2D eigenvalue weighted by atomic mass is 10.2. The summed E-state index contributed by atoms with van der Waals surface area (Å²) in [6.07, 6.45) is 2.07. The molecule has 2 heterocycles. The number of aryl methyl sites for hydroxylation is 2. The molecule has 0 fully saturated rings. The molecular formula is C13H11ClN2S. The van der Waals surface area contributed by atoms with E-state index in [9.17, 15) is 0 Å². The normalized spacial score (nSPS) is 11.2. The van der Waals surface area contributed by atoms with Gasteiger partial charge >= 0.3 is 0 Å². The van der Waals surface area contributed by atoms with Crippen LogP contribution in [0, 0.1) is 13.8 Å². The Labute approximate surface area is 108 Å². The zero-order valence-electron chi connectivity index (χ0n) is 9.57. The first kappa shape index (κ1) is 10.8. The number of nitrogens with zero attached hydrogens (tertiary/aromatic N) is 2. The highest BCUT2D eigenvalue weighted by Gasteiger charge is 2.10. The van der Waals surface area contributed by atoms with Gasteiger partial charge in [-0.1, -0.05) is 23.7 Å². The van der Waals surface area contributed by atoms with Gasteiger partial charge in [0.1, 0.15) is 0 Å². The van der Waals surface area contributed by atoms with Crippen LogP contribution in [-0.2, 0) is 0 Å². The van der Waals surface area contributed by atoms with Crippen LogP contribution in [0.4, 0.5) is 0 Å². The molecule has 0 N–H and O–H groups in total. The molecule has 0 aliphatic heterocycles.